The number of pyridine rings is 1. The topological polar surface area (TPSA) is 84.8 Å². The Morgan fingerprint density at radius 2 is 1.89 bits per heavy atom. The summed E-state index contributed by atoms with van der Waals surface area (Å²) in [6.07, 6.45) is 2.43. The normalized spacial score (nSPS) is 18.6. The molecule has 4 heterocycles. The number of hydrogen-bond acceptors (Lipinski definition) is 6. The van der Waals surface area contributed by atoms with Crippen LogP contribution in [0.1, 0.15) is 16.8 Å². The van der Waals surface area contributed by atoms with Gasteiger partial charge in [0, 0.05) is 31.9 Å². The van der Waals surface area contributed by atoms with Gasteiger partial charge in [0.2, 0.25) is 5.43 Å². The van der Waals surface area contributed by atoms with E-state index in [1.807, 2.05) is 41.0 Å². The minimum atomic E-state index is -0.585. The molecule has 1 amide bonds. The van der Waals surface area contributed by atoms with Crippen LogP contribution >= 0.6 is 0 Å². The van der Waals surface area contributed by atoms with Crippen molar-refractivity contribution < 1.29 is 18.7 Å². The highest BCUT2D eigenvalue weighted by molar-refractivity contribution is 6.02. The maximum Gasteiger partial charge on any atom is 0.259 e. The van der Waals surface area contributed by atoms with Gasteiger partial charge in [-0.25, -0.2) is 4.39 Å². The number of morpholine rings is 1. The van der Waals surface area contributed by atoms with Crippen molar-refractivity contribution >= 4 is 33.3 Å². The van der Waals surface area contributed by atoms with E-state index in [0.717, 1.165) is 23.7 Å². The maximum atomic E-state index is 15.6. The summed E-state index contributed by atoms with van der Waals surface area (Å²) in [6.45, 7) is 3.19. The second kappa shape index (κ2) is 8.57. The predicted octanol–water partition coefficient (Wildman–Crippen LogP) is 3.63. The van der Waals surface area contributed by atoms with Gasteiger partial charge in [-0.1, -0.05) is 24.3 Å². The molecule has 4 aromatic rings. The van der Waals surface area contributed by atoms with Gasteiger partial charge in [0.1, 0.15) is 16.8 Å². The van der Waals surface area contributed by atoms with Crippen molar-refractivity contribution in [2.45, 2.75) is 12.5 Å². The molecule has 3 aromatic carbocycles. The summed E-state index contributed by atoms with van der Waals surface area (Å²) in [7, 11) is 0. The summed E-state index contributed by atoms with van der Waals surface area (Å²) >= 11 is 0. The third kappa shape index (κ3) is 3.57. The molecule has 188 valence electrons. The van der Waals surface area contributed by atoms with Gasteiger partial charge in [0.05, 0.1) is 24.3 Å². The molecular formula is C28H25FN4O4. The first kappa shape index (κ1) is 22.3. The lowest BCUT2D eigenvalue weighted by Crippen LogP contribution is -2.42. The number of aromatic nitrogens is 1. The smallest absolute Gasteiger partial charge is 0.259 e. The molecule has 1 unspecified atom stereocenters. The molecule has 2 fully saturated rings. The molecule has 0 aliphatic carbocycles. The van der Waals surface area contributed by atoms with E-state index in [1.54, 1.807) is 11.1 Å². The summed E-state index contributed by atoms with van der Waals surface area (Å²) in [6, 6.07) is 13.0. The van der Waals surface area contributed by atoms with Crippen LogP contribution in [-0.2, 0) is 4.74 Å². The zero-order valence-electron chi connectivity index (χ0n) is 20.1. The van der Waals surface area contributed by atoms with Crippen molar-refractivity contribution in [3.8, 4) is 17.2 Å². The number of carbonyl (C=O) groups is 1. The van der Waals surface area contributed by atoms with Crippen LogP contribution in [-0.4, -0.2) is 60.8 Å². The van der Waals surface area contributed by atoms with E-state index in [4.69, 9.17) is 9.47 Å². The summed E-state index contributed by atoms with van der Waals surface area (Å²) in [5, 5.41) is 8.63. The van der Waals surface area contributed by atoms with E-state index in [0.29, 0.717) is 49.8 Å². The van der Waals surface area contributed by atoms with E-state index in [-0.39, 0.29) is 34.3 Å². The second-order valence-electron chi connectivity index (χ2n) is 9.71. The number of nitrogens with one attached hydrogen (secondary N) is 2. The minimum absolute atomic E-state index is 0.00135. The fraction of sp³-hybridized carbons (Fsp3) is 0.286. The van der Waals surface area contributed by atoms with Crippen molar-refractivity contribution in [2.75, 3.05) is 44.7 Å². The fourth-order valence-corrected chi connectivity index (χ4v) is 5.51. The number of nitrogens with zero attached hydrogens (tertiary/aromatic N) is 2. The Morgan fingerprint density at radius 3 is 2.65 bits per heavy atom. The number of ether oxygens (including phenoxy) is 2. The molecule has 2 saturated heterocycles. The van der Waals surface area contributed by atoms with Gasteiger partial charge in [-0.2, -0.15) is 0 Å². The van der Waals surface area contributed by atoms with E-state index in [1.165, 1.54) is 6.07 Å². The standard InChI is InChI=1S/C28H25FN4O4/c29-21-13-19-25-27(24(21)31-18-5-6-30-14-18)37-23-12-17-4-2-1-3-16(17)11-22(23)33(25)15-20(26(19)34)28(35)32-7-9-36-10-8-32/h1-4,11-13,15,18,30-31H,5-10,14H2. The lowest BCUT2D eigenvalue weighted by atomic mass is 10.0. The SMILES string of the molecule is O=C(c1cn2c3c(c(NC4CCNC4)c(F)cc3c1=O)Oc1cc3ccccc3cc1-2)N1CCOCC1. The first-order valence-electron chi connectivity index (χ1n) is 12.6. The third-order valence-corrected chi connectivity index (χ3v) is 7.43. The molecule has 9 heteroatoms. The van der Waals surface area contributed by atoms with Crippen molar-refractivity contribution in [1.29, 1.82) is 0 Å². The van der Waals surface area contributed by atoms with E-state index < -0.39 is 11.2 Å². The van der Waals surface area contributed by atoms with Crippen LogP contribution in [0.5, 0.6) is 11.5 Å². The summed E-state index contributed by atoms with van der Waals surface area (Å²) in [4.78, 5) is 28.7. The van der Waals surface area contributed by atoms with E-state index >= 15 is 4.39 Å². The highest BCUT2D eigenvalue weighted by atomic mass is 19.1. The predicted molar refractivity (Wildman–Crippen MR) is 139 cm³/mol. The Bertz CT molecular complexity index is 1640. The quantitative estimate of drug-likeness (QED) is 0.394. The number of hydrogen-bond donors (Lipinski definition) is 2. The van der Waals surface area contributed by atoms with E-state index in [9.17, 15) is 9.59 Å². The Hall–Kier alpha value is -3.95. The van der Waals surface area contributed by atoms with Crippen LogP contribution in [0.3, 0.4) is 0 Å². The molecule has 0 saturated carbocycles. The lowest BCUT2D eigenvalue weighted by Gasteiger charge is -2.29. The molecule has 3 aliphatic rings. The van der Waals surface area contributed by atoms with Crippen molar-refractivity contribution in [3.63, 3.8) is 0 Å². The average molecular weight is 501 g/mol. The Labute approximate surface area is 211 Å². The van der Waals surface area contributed by atoms with E-state index in [2.05, 4.69) is 10.6 Å². The maximum absolute atomic E-state index is 15.6. The van der Waals surface area contributed by atoms with Crippen LogP contribution in [0.25, 0.3) is 27.4 Å². The van der Waals surface area contributed by atoms with Crippen LogP contribution < -0.4 is 20.8 Å². The third-order valence-electron chi connectivity index (χ3n) is 7.43. The van der Waals surface area contributed by atoms with Gasteiger partial charge in [-0.05, 0) is 41.9 Å². The number of halogens is 1. The Morgan fingerprint density at radius 1 is 1.11 bits per heavy atom. The van der Waals surface area contributed by atoms with Gasteiger partial charge in [-0.15, -0.1) is 0 Å². The monoisotopic (exact) mass is 500 g/mol. The number of benzene rings is 3. The molecule has 8 nitrogen and oxygen atoms in total. The van der Waals surface area contributed by atoms with Crippen LogP contribution in [0, 0.1) is 5.82 Å². The summed E-state index contributed by atoms with van der Waals surface area (Å²) in [5.74, 6) is -0.182. The van der Waals surface area contributed by atoms with Gasteiger partial charge in [-0.3, -0.25) is 9.59 Å². The molecule has 3 aliphatic heterocycles. The largest absolute Gasteiger partial charge is 0.451 e. The number of anilines is 1. The number of rotatable bonds is 3. The van der Waals surface area contributed by atoms with Crippen molar-refractivity contribution in [1.82, 2.24) is 14.8 Å². The van der Waals surface area contributed by atoms with Crippen LogP contribution in [0.2, 0.25) is 0 Å². The molecule has 0 spiro atoms. The van der Waals surface area contributed by atoms with Gasteiger partial charge in [0.25, 0.3) is 5.91 Å². The molecule has 1 aromatic heterocycles. The first-order valence-corrected chi connectivity index (χ1v) is 12.6. The Balaban J connectivity index is 1.50. The highest BCUT2D eigenvalue weighted by Crippen LogP contribution is 2.46. The lowest BCUT2D eigenvalue weighted by molar-refractivity contribution is 0.0302. The molecular weight excluding hydrogens is 475 g/mol. The van der Waals surface area contributed by atoms with Crippen molar-refractivity contribution in [3.05, 3.63) is 70.3 Å². The molecule has 37 heavy (non-hydrogen) atoms. The van der Waals surface area contributed by atoms with Gasteiger partial charge >= 0.3 is 0 Å². The molecule has 7 rings (SSSR count). The number of fused-ring (bicyclic) bond motifs is 3. The zero-order valence-corrected chi connectivity index (χ0v) is 20.1. The summed E-state index contributed by atoms with van der Waals surface area (Å²) in [5.41, 5.74) is 0.847. The number of carbonyl (C=O) groups excluding carboxylic acids is 1. The van der Waals surface area contributed by atoms with Gasteiger partial charge in [0.15, 0.2) is 17.3 Å². The molecule has 0 radical (unpaired) electrons. The van der Waals surface area contributed by atoms with Crippen molar-refractivity contribution in [2.24, 2.45) is 0 Å². The minimum Gasteiger partial charge on any atom is -0.451 e. The van der Waals surface area contributed by atoms with Crippen LogP contribution in [0.15, 0.2) is 53.5 Å². The Kier molecular flexibility index (Phi) is 5.16. The molecule has 1 atom stereocenters. The fourth-order valence-electron chi connectivity index (χ4n) is 5.51. The average Bonchev–Trinajstić information content (AvgIpc) is 3.44. The molecule has 0 bridgehead atoms. The second-order valence-corrected chi connectivity index (χ2v) is 9.71. The molecule has 2 N–H and O–H groups in total. The zero-order chi connectivity index (χ0) is 25.1. The van der Waals surface area contributed by atoms with Crippen LogP contribution in [0.4, 0.5) is 10.1 Å². The summed E-state index contributed by atoms with van der Waals surface area (Å²) < 4.78 is 29.2. The highest BCUT2D eigenvalue weighted by Gasteiger charge is 2.31. The van der Waals surface area contributed by atoms with Gasteiger partial charge < -0.3 is 29.6 Å². The number of amides is 1. The first-order chi connectivity index (χ1) is 18.1.